The lowest BCUT2D eigenvalue weighted by atomic mass is 9.96. The molecule has 0 bridgehead atoms. The van der Waals surface area contributed by atoms with Crippen molar-refractivity contribution in [3.63, 3.8) is 0 Å². The van der Waals surface area contributed by atoms with Crippen molar-refractivity contribution in [3.05, 3.63) is 119 Å². The van der Waals surface area contributed by atoms with Gasteiger partial charge in [0.25, 0.3) is 0 Å². The Morgan fingerprint density at radius 3 is 2.27 bits per heavy atom. The predicted octanol–water partition coefficient (Wildman–Crippen LogP) is 5.40. The summed E-state index contributed by atoms with van der Waals surface area (Å²) in [5.41, 5.74) is 3.39. The number of carbonyl (C=O) groups excluding carboxylic acids is 1. The summed E-state index contributed by atoms with van der Waals surface area (Å²) in [5.74, 6) is 0.106. The van der Waals surface area contributed by atoms with Gasteiger partial charge in [-0.2, -0.15) is 4.31 Å². The molecule has 2 atom stereocenters. The maximum absolute atomic E-state index is 14.4. The largest absolute Gasteiger partial charge is 0.507 e. The maximum atomic E-state index is 14.4. The number of aromatic hydroxyl groups is 1. The highest BCUT2D eigenvalue weighted by molar-refractivity contribution is 7.89. The first-order valence-electron chi connectivity index (χ1n) is 12.8. The molecule has 0 amide bonds. The van der Waals surface area contributed by atoms with E-state index in [-0.39, 0.29) is 30.5 Å². The van der Waals surface area contributed by atoms with Crippen LogP contribution >= 0.6 is 0 Å². The fourth-order valence-electron chi connectivity index (χ4n) is 5.28. The molecule has 4 aromatic carbocycles. The molecule has 0 radical (unpaired) electrons. The minimum atomic E-state index is -4.17. The van der Waals surface area contributed by atoms with Crippen LogP contribution in [-0.2, 0) is 26.2 Å². The highest BCUT2D eigenvalue weighted by Gasteiger charge is 2.48. The molecular weight excluding hydrogens is 530 g/mol. The minimum absolute atomic E-state index is 0.000734. The number of ether oxygens (including phenoxy) is 3. The van der Waals surface area contributed by atoms with Crippen LogP contribution in [0.1, 0.15) is 46.3 Å². The lowest BCUT2D eigenvalue weighted by molar-refractivity contribution is -0.146. The fourth-order valence-corrected chi connectivity index (χ4v) is 7.03. The lowest BCUT2D eigenvalue weighted by Gasteiger charge is -2.30. The second-order valence-electron chi connectivity index (χ2n) is 9.81. The van der Waals surface area contributed by atoms with Crippen molar-refractivity contribution in [2.75, 3.05) is 6.79 Å². The van der Waals surface area contributed by atoms with E-state index in [0.717, 1.165) is 11.1 Å². The molecule has 0 unspecified atom stereocenters. The van der Waals surface area contributed by atoms with E-state index < -0.39 is 28.1 Å². The van der Waals surface area contributed by atoms with E-state index in [1.165, 1.54) is 10.4 Å². The average Bonchev–Trinajstić information content (AvgIpc) is 3.54. The second-order valence-corrected chi connectivity index (χ2v) is 11.7. The number of fused-ring (bicyclic) bond motifs is 2. The summed E-state index contributed by atoms with van der Waals surface area (Å²) in [6.07, 6.45) is -0.212. The Hall–Kier alpha value is -4.34. The molecule has 204 valence electrons. The quantitative estimate of drug-likeness (QED) is 0.304. The van der Waals surface area contributed by atoms with E-state index in [0.29, 0.717) is 28.2 Å². The van der Waals surface area contributed by atoms with Gasteiger partial charge in [-0.05, 0) is 41.8 Å². The first-order chi connectivity index (χ1) is 19.3. The highest BCUT2D eigenvalue weighted by Crippen LogP contribution is 2.53. The van der Waals surface area contributed by atoms with Crippen molar-refractivity contribution in [1.82, 2.24) is 4.31 Å². The van der Waals surface area contributed by atoms with Gasteiger partial charge in [0, 0.05) is 11.6 Å². The molecule has 0 spiro atoms. The smallest absolute Gasteiger partial charge is 0.308 e. The zero-order chi connectivity index (χ0) is 27.9. The summed E-state index contributed by atoms with van der Waals surface area (Å²) in [6.45, 7) is 1.95. The SMILES string of the molecule is Cc1ccc(S(=O)(=O)N2[C@H](c3cc4c(cc3O)OCO4)c3ccccc3[C@@H]2CC(=O)OCc2ccccc2)cc1. The van der Waals surface area contributed by atoms with Crippen molar-refractivity contribution >= 4 is 16.0 Å². The maximum Gasteiger partial charge on any atom is 0.308 e. The molecule has 9 heteroatoms. The van der Waals surface area contributed by atoms with E-state index in [4.69, 9.17) is 14.2 Å². The van der Waals surface area contributed by atoms with Crippen LogP contribution in [0.15, 0.2) is 95.9 Å². The Labute approximate surface area is 232 Å². The van der Waals surface area contributed by atoms with E-state index in [1.807, 2.05) is 55.5 Å². The number of phenolic OH excluding ortho intramolecular Hbond substituents is 1. The molecule has 6 rings (SSSR count). The molecule has 2 heterocycles. The Balaban J connectivity index is 1.44. The zero-order valence-electron chi connectivity index (χ0n) is 21.7. The van der Waals surface area contributed by atoms with E-state index in [9.17, 15) is 18.3 Å². The van der Waals surface area contributed by atoms with Crippen LogP contribution in [-0.4, -0.2) is 30.6 Å². The molecular formula is C31H27NO7S. The lowest BCUT2D eigenvalue weighted by Crippen LogP contribution is -2.35. The third-order valence-electron chi connectivity index (χ3n) is 7.23. The minimum Gasteiger partial charge on any atom is -0.507 e. The number of rotatable bonds is 7. The van der Waals surface area contributed by atoms with Crippen molar-refractivity contribution in [2.45, 2.75) is 36.9 Å². The molecule has 0 aliphatic carbocycles. The Bertz CT molecular complexity index is 1670. The van der Waals surface area contributed by atoms with Crippen LogP contribution in [0.25, 0.3) is 0 Å². The van der Waals surface area contributed by atoms with Crippen LogP contribution in [0, 0.1) is 6.92 Å². The van der Waals surface area contributed by atoms with Crippen LogP contribution in [0.2, 0.25) is 0 Å². The number of esters is 1. The van der Waals surface area contributed by atoms with Crippen molar-refractivity contribution < 1.29 is 32.5 Å². The number of benzene rings is 4. The molecule has 40 heavy (non-hydrogen) atoms. The van der Waals surface area contributed by atoms with Gasteiger partial charge in [0.1, 0.15) is 12.4 Å². The van der Waals surface area contributed by atoms with Gasteiger partial charge in [0.05, 0.1) is 23.4 Å². The summed E-state index contributed by atoms with van der Waals surface area (Å²) in [4.78, 5) is 13.3. The molecule has 0 fully saturated rings. The zero-order valence-corrected chi connectivity index (χ0v) is 22.5. The number of hydrogen-bond donors (Lipinski definition) is 1. The summed E-state index contributed by atoms with van der Waals surface area (Å²) in [5, 5.41) is 11.1. The summed E-state index contributed by atoms with van der Waals surface area (Å²) < 4.78 is 46.5. The van der Waals surface area contributed by atoms with Crippen molar-refractivity contribution in [1.29, 1.82) is 0 Å². The number of phenols is 1. The van der Waals surface area contributed by atoms with Gasteiger partial charge in [-0.25, -0.2) is 8.42 Å². The van der Waals surface area contributed by atoms with Crippen LogP contribution < -0.4 is 9.47 Å². The van der Waals surface area contributed by atoms with Gasteiger partial charge in [-0.3, -0.25) is 4.79 Å². The molecule has 8 nitrogen and oxygen atoms in total. The molecule has 0 aromatic heterocycles. The number of hydrogen-bond acceptors (Lipinski definition) is 7. The van der Waals surface area contributed by atoms with E-state index >= 15 is 0 Å². The molecule has 1 N–H and O–H groups in total. The number of sulfonamides is 1. The monoisotopic (exact) mass is 557 g/mol. The van der Waals surface area contributed by atoms with Gasteiger partial charge >= 0.3 is 5.97 Å². The Kier molecular flexibility index (Phi) is 6.69. The average molecular weight is 558 g/mol. The molecule has 0 saturated carbocycles. The van der Waals surface area contributed by atoms with Gasteiger partial charge in [-0.1, -0.05) is 72.3 Å². The second kappa shape index (κ2) is 10.3. The van der Waals surface area contributed by atoms with E-state index in [1.54, 1.807) is 36.4 Å². The topological polar surface area (TPSA) is 102 Å². The summed E-state index contributed by atoms with van der Waals surface area (Å²) >= 11 is 0. The van der Waals surface area contributed by atoms with Crippen molar-refractivity contribution in [3.8, 4) is 17.2 Å². The van der Waals surface area contributed by atoms with Gasteiger partial charge in [-0.15, -0.1) is 0 Å². The van der Waals surface area contributed by atoms with Crippen LogP contribution in [0.3, 0.4) is 0 Å². The first kappa shape index (κ1) is 25.9. The van der Waals surface area contributed by atoms with Gasteiger partial charge in [0.2, 0.25) is 16.8 Å². The van der Waals surface area contributed by atoms with Gasteiger partial charge in [0.15, 0.2) is 11.5 Å². The summed E-state index contributed by atoms with van der Waals surface area (Å²) in [7, 11) is -4.17. The van der Waals surface area contributed by atoms with Gasteiger partial charge < -0.3 is 19.3 Å². The third kappa shape index (κ3) is 4.67. The van der Waals surface area contributed by atoms with Crippen LogP contribution in [0.5, 0.6) is 17.2 Å². The number of carbonyl (C=O) groups is 1. The third-order valence-corrected chi connectivity index (χ3v) is 9.12. The Morgan fingerprint density at radius 1 is 0.900 bits per heavy atom. The van der Waals surface area contributed by atoms with E-state index in [2.05, 4.69) is 0 Å². The first-order valence-corrected chi connectivity index (χ1v) is 14.3. The molecule has 0 saturated heterocycles. The fraction of sp³-hybridized carbons (Fsp3) is 0.194. The normalized spacial score (nSPS) is 17.9. The predicted molar refractivity (Wildman–Crippen MR) is 146 cm³/mol. The molecule has 2 aliphatic heterocycles. The molecule has 2 aliphatic rings. The number of nitrogens with zero attached hydrogens (tertiary/aromatic N) is 1. The molecule has 4 aromatic rings. The van der Waals surface area contributed by atoms with Crippen LogP contribution in [0.4, 0.5) is 0 Å². The summed E-state index contributed by atoms with van der Waals surface area (Å²) in [6, 6.07) is 24.3. The Morgan fingerprint density at radius 2 is 1.55 bits per heavy atom. The number of aryl methyl sites for hydroxylation is 1. The highest BCUT2D eigenvalue weighted by atomic mass is 32.2. The van der Waals surface area contributed by atoms with Crippen molar-refractivity contribution in [2.24, 2.45) is 0 Å². The standard InChI is InChI=1S/C31H27NO7S/c1-20-11-13-22(14-12-20)40(35,36)32-26(16-30(34)37-18-21-7-3-2-4-8-21)23-9-5-6-10-24(23)31(32)25-15-28-29(17-27(25)33)39-19-38-28/h2-15,17,26,31,33H,16,18-19H2,1H3/t26-,31-/m0/s1.